The molecule has 0 spiro atoms. The van der Waals surface area contributed by atoms with Crippen LogP contribution in [0.4, 0.5) is 0 Å². The number of benzene rings is 2. The molecule has 2 aliphatic rings. The first kappa shape index (κ1) is 26.7. The molecule has 7 atom stereocenters. The van der Waals surface area contributed by atoms with E-state index >= 15 is 0 Å². The lowest BCUT2D eigenvalue weighted by Crippen LogP contribution is -2.51. The second-order valence-corrected chi connectivity index (χ2v) is 10.0. The van der Waals surface area contributed by atoms with Gasteiger partial charge in [-0.2, -0.15) is 0 Å². The van der Waals surface area contributed by atoms with E-state index in [-0.39, 0.29) is 25.2 Å². The number of rotatable bonds is 8. The van der Waals surface area contributed by atoms with Crippen LogP contribution in [0.25, 0.3) is 22.6 Å². The number of ether oxygens (including phenoxy) is 3. The molecule has 3 heterocycles. The summed E-state index contributed by atoms with van der Waals surface area (Å²) in [6, 6.07) is 15.2. The van der Waals surface area contributed by atoms with E-state index in [1.807, 2.05) is 36.4 Å². The molecule has 0 radical (unpaired) electrons. The van der Waals surface area contributed by atoms with Gasteiger partial charge in [0.1, 0.15) is 11.9 Å². The average molecular weight is 527 g/mol. The van der Waals surface area contributed by atoms with Gasteiger partial charge in [-0.1, -0.05) is 24.3 Å². The molecule has 5 rings (SSSR count). The Hall–Kier alpha value is -2.86. The zero-order valence-electron chi connectivity index (χ0n) is 21.2. The Labute approximate surface area is 220 Å². The smallest absolute Gasteiger partial charge is 0.247 e. The third kappa shape index (κ3) is 6.06. The topological polar surface area (TPSA) is 148 Å². The fraction of sp³-hybridized carbons (Fsp3) is 0.500. The van der Waals surface area contributed by atoms with Crippen LogP contribution in [0.5, 0.6) is 5.75 Å². The largest absolute Gasteiger partial charge is 0.462 e. The van der Waals surface area contributed by atoms with Crippen LogP contribution >= 0.6 is 0 Å². The summed E-state index contributed by atoms with van der Waals surface area (Å²) in [7, 11) is 0. The first-order chi connectivity index (χ1) is 18.4. The summed E-state index contributed by atoms with van der Waals surface area (Å²) in [6.45, 7) is 1.43. The van der Waals surface area contributed by atoms with Crippen LogP contribution in [0.1, 0.15) is 31.6 Å². The third-order valence-corrected chi connectivity index (χ3v) is 7.27. The molecule has 38 heavy (non-hydrogen) atoms. The van der Waals surface area contributed by atoms with E-state index in [4.69, 9.17) is 18.6 Å². The van der Waals surface area contributed by atoms with E-state index in [1.165, 1.54) is 0 Å². The number of hydrogen-bond acceptors (Lipinski definition) is 10. The Kier molecular flexibility index (Phi) is 8.37. The van der Waals surface area contributed by atoms with Crippen LogP contribution in [0, 0.1) is 12.8 Å². The van der Waals surface area contributed by atoms with Crippen LogP contribution in [-0.2, 0) is 9.47 Å². The van der Waals surface area contributed by atoms with Crippen molar-refractivity contribution in [1.29, 1.82) is 0 Å². The summed E-state index contributed by atoms with van der Waals surface area (Å²) in [6.07, 6.45) is -2.07. The highest BCUT2D eigenvalue weighted by Gasteiger charge is 2.42. The zero-order chi connectivity index (χ0) is 26.6. The predicted octanol–water partition coefficient (Wildman–Crippen LogP) is 2.47. The molecule has 4 N–H and O–H groups in total. The molecule has 0 amide bonds. The first-order valence-electron chi connectivity index (χ1n) is 13.0. The Morgan fingerprint density at radius 3 is 2.13 bits per heavy atom. The van der Waals surface area contributed by atoms with Gasteiger partial charge in [-0.3, -0.25) is 0 Å². The van der Waals surface area contributed by atoms with Crippen molar-refractivity contribution in [3.8, 4) is 28.3 Å². The van der Waals surface area contributed by atoms with Crippen molar-refractivity contribution in [1.82, 2.24) is 10.2 Å². The molecule has 5 unspecified atom stereocenters. The van der Waals surface area contributed by atoms with Gasteiger partial charge >= 0.3 is 0 Å². The summed E-state index contributed by atoms with van der Waals surface area (Å²) < 4.78 is 23.2. The van der Waals surface area contributed by atoms with Gasteiger partial charge in [0.25, 0.3) is 0 Å². The van der Waals surface area contributed by atoms with Crippen molar-refractivity contribution in [3.63, 3.8) is 0 Å². The van der Waals surface area contributed by atoms with Gasteiger partial charge in [-0.05, 0) is 67.0 Å². The van der Waals surface area contributed by atoms with E-state index in [1.54, 1.807) is 19.1 Å². The lowest BCUT2D eigenvalue weighted by molar-refractivity contribution is -0.236. The second-order valence-electron chi connectivity index (χ2n) is 10.0. The molecule has 204 valence electrons. The van der Waals surface area contributed by atoms with Crippen molar-refractivity contribution in [2.75, 3.05) is 13.2 Å². The van der Waals surface area contributed by atoms with E-state index in [2.05, 4.69) is 10.2 Å². The van der Waals surface area contributed by atoms with Crippen molar-refractivity contribution in [2.24, 2.45) is 5.92 Å². The second kappa shape index (κ2) is 11.9. The molecule has 2 fully saturated rings. The standard InChI is InChI=1S/C28H34N2O8/c1-16-29-30-27(35-16)19-4-2-17(3-5-19)18-6-8-21(9-7-18)37-28-26(34)20(12-23(15-32)38-28)13-25-24(33)11-10-22(14-31)36-25/h2-9,20,22-26,28,31-34H,10-15H2,1H3/t20?,22?,23?,24?,25-,26?,28+/m1/s1. The lowest BCUT2D eigenvalue weighted by Gasteiger charge is -2.41. The van der Waals surface area contributed by atoms with Crippen molar-refractivity contribution >= 4 is 0 Å². The molecule has 0 saturated carbocycles. The Bertz CT molecular complexity index is 1170. The molecule has 0 bridgehead atoms. The molecule has 10 nitrogen and oxygen atoms in total. The van der Waals surface area contributed by atoms with Crippen LogP contribution in [0.2, 0.25) is 0 Å². The molecule has 10 heteroatoms. The van der Waals surface area contributed by atoms with Crippen LogP contribution in [0.15, 0.2) is 52.9 Å². The summed E-state index contributed by atoms with van der Waals surface area (Å²) >= 11 is 0. The minimum absolute atomic E-state index is 0.108. The fourth-order valence-corrected chi connectivity index (χ4v) is 5.15. The van der Waals surface area contributed by atoms with E-state index in [9.17, 15) is 20.4 Å². The van der Waals surface area contributed by atoms with Crippen LogP contribution in [0.3, 0.4) is 0 Å². The van der Waals surface area contributed by atoms with Crippen LogP contribution < -0.4 is 4.74 Å². The van der Waals surface area contributed by atoms with Gasteiger partial charge in [0.15, 0.2) is 0 Å². The van der Waals surface area contributed by atoms with Gasteiger partial charge in [0.2, 0.25) is 18.1 Å². The van der Waals surface area contributed by atoms with Crippen molar-refractivity contribution in [2.45, 2.75) is 69.4 Å². The zero-order valence-corrected chi connectivity index (χ0v) is 21.2. The number of hydrogen-bond donors (Lipinski definition) is 4. The summed E-state index contributed by atoms with van der Waals surface area (Å²) in [5.41, 5.74) is 2.81. The molecule has 1 aromatic heterocycles. The van der Waals surface area contributed by atoms with Crippen LogP contribution in [-0.4, -0.2) is 80.6 Å². The van der Waals surface area contributed by atoms with E-state index < -0.39 is 30.7 Å². The molecule has 2 aliphatic heterocycles. The molecule has 0 aliphatic carbocycles. The number of nitrogens with zero attached hydrogens (tertiary/aromatic N) is 2. The third-order valence-electron chi connectivity index (χ3n) is 7.27. The maximum absolute atomic E-state index is 11.1. The van der Waals surface area contributed by atoms with Gasteiger partial charge in [-0.25, -0.2) is 0 Å². The first-order valence-corrected chi connectivity index (χ1v) is 13.0. The molecular formula is C28H34N2O8. The maximum Gasteiger partial charge on any atom is 0.247 e. The monoisotopic (exact) mass is 526 g/mol. The normalized spacial score (nSPS) is 29.8. The molecule has 2 aromatic carbocycles. The quantitative estimate of drug-likeness (QED) is 0.345. The Balaban J connectivity index is 1.24. The number of aryl methyl sites for hydroxylation is 1. The minimum atomic E-state index is -0.983. The van der Waals surface area contributed by atoms with Gasteiger partial charge in [0, 0.05) is 12.5 Å². The lowest BCUT2D eigenvalue weighted by atomic mass is 9.84. The highest BCUT2D eigenvalue weighted by atomic mass is 16.7. The summed E-state index contributed by atoms with van der Waals surface area (Å²) in [4.78, 5) is 0. The van der Waals surface area contributed by atoms with Gasteiger partial charge in [-0.15, -0.1) is 10.2 Å². The van der Waals surface area contributed by atoms with E-state index in [0.29, 0.717) is 43.2 Å². The van der Waals surface area contributed by atoms with Crippen molar-refractivity contribution < 1.29 is 39.1 Å². The maximum atomic E-state index is 11.1. The van der Waals surface area contributed by atoms with Gasteiger partial charge in [0.05, 0.1) is 37.6 Å². The van der Waals surface area contributed by atoms with Crippen molar-refractivity contribution in [3.05, 3.63) is 54.4 Å². The minimum Gasteiger partial charge on any atom is -0.462 e. The summed E-state index contributed by atoms with van der Waals surface area (Å²) in [5.74, 6) is 1.19. The average Bonchev–Trinajstić information content (AvgIpc) is 3.38. The van der Waals surface area contributed by atoms with Gasteiger partial charge < -0.3 is 39.1 Å². The Morgan fingerprint density at radius 1 is 0.842 bits per heavy atom. The molecule has 3 aromatic rings. The number of aromatic nitrogens is 2. The Morgan fingerprint density at radius 2 is 1.50 bits per heavy atom. The number of aliphatic hydroxyl groups excluding tert-OH is 4. The molecule has 2 saturated heterocycles. The highest BCUT2D eigenvalue weighted by molar-refractivity contribution is 5.67. The SMILES string of the molecule is Cc1nnc(-c2ccc(-c3ccc(O[C@H]4OC(CO)CC(C[C@H]5OC(CO)CCC5O)C4O)cc3)cc2)o1. The fourth-order valence-electron chi connectivity index (χ4n) is 5.15. The predicted molar refractivity (Wildman–Crippen MR) is 136 cm³/mol. The summed E-state index contributed by atoms with van der Waals surface area (Å²) in [5, 5.41) is 48.6. The highest BCUT2D eigenvalue weighted by Crippen LogP contribution is 2.34. The number of aliphatic hydroxyl groups is 4. The van der Waals surface area contributed by atoms with E-state index in [0.717, 1.165) is 16.7 Å². The molecular weight excluding hydrogens is 492 g/mol.